The van der Waals surface area contributed by atoms with Crippen LogP contribution in [-0.4, -0.2) is 74.2 Å². The Morgan fingerprint density at radius 1 is 1.50 bits per heavy atom. The monoisotopic (exact) mass is 258 g/mol. The summed E-state index contributed by atoms with van der Waals surface area (Å²) < 4.78 is 9.78. The SMILES string of the molecule is CCOC(=O)CN(CC)CCN1CCOC(=O)C1. The van der Waals surface area contributed by atoms with Gasteiger partial charge in [0.25, 0.3) is 0 Å². The number of cyclic esters (lactones) is 1. The van der Waals surface area contributed by atoms with Gasteiger partial charge in [0.1, 0.15) is 6.61 Å². The zero-order valence-electron chi connectivity index (χ0n) is 11.2. The molecule has 0 aromatic rings. The molecule has 1 aliphatic heterocycles. The Labute approximate surface area is 108 Å². The standard InChI is InChI=1S/C12H22N2O4/c1-3-13(9-11(15)17-4-2)5-6-14-7-8-18-12(16)10-14/h3-10H2,1-2H3. The fourth-order valence-corrected chi connectivity index (χ4v) is 1.81. The molecule has 1 saturated heterocycles. The molecule has 0 aliphatic carbocycles. The molecule has 1 heterocycles. The number of hydrogen-bond donors (Lipinski definition) is 0. The summed E-state index contributed by atoms with van der Waals surface area (Å²) in [5, 5.41) is 0. The first kappa shape index (κ1) is 14.9. The average Bonchev–Trinajstić information content (AvgIpc) is 2.35. The smallest absolute Gasteiger partial charge is 0.320 e. The van der Waals surface area contributed by atoms with E-state index < -0.39 is 0 Å². The van der Waals surface area contributed by atoms with Crippen LogP contribution >= 0.6 is 0 Å². The number of likely N-dealkylation sites (N-methyl/N-ethyl adjacent to an activating group) is 1. The van der Waals surface area contributed by atoms with Gasteiger partial charge < -0.3 is 9.47 Å². The van der Waals surface area contributed by atoms with Gasteiger partial charge in [0.05, 0.1) is 19.7 Å². The van der Waals surface area contributed by atoms with E-state index in [0.29, 0.717) is 26.3 Å². The van der Waals surface area contributed by atoms with Gasteiger partial charge in [-0.3, -0.25) is 19.4 Å². The van der Waals surface area contributed by atoms with Crippen molar-refractivity contribution in [1.29, 1.82) is 0 Å². The third kappa shape index (κ3) is 5.46. The van der Waals surface area contributed by atoms with Crippen LogP contribution in [0, 0.1) is 0 Å². The molecule has 6 nitrogen and oxygen atoms in total. The summed E-state index contributed by atoms with van der Waals surface area (Å²) in [5.41, 5.74) is 0. The van der Waals surface area contributed by atoms with Crippen molar-refractivity contribution in [3.63, 3.8) is 0 Å². The Bertz CT molecular complexity index is 283. The molecule has 0 spiro atoms. The summed E-state index contributed by atoms with van der Waals surface area (Å²) >= 11 is 0. The summed E-state index contributed by atoms with van der Waals surface area (Å²) in [6.45, 7) is 8.40. The molecule has 1 fully saturated rings. The van der Waals surface area contributed by atoms with E-state index >= 15 is 0 Å². The molecule has 104 valence electrons. The molecule has 1 aliphatic rings. The predicted molar refractivity (Wildman–Crippen MR) is 66.1 cm³/mol. The molecule has 6 heteroatoms. The first-order valence-corrected chi connectivity index (χ1v) is 6.41. The van der Waals surface area contributed by atoms with Crippen LogP contribution in [0.2, 0.25) is 0 Å². The predicted octanol–water partition coefficient (Wildman–Crippen LogP) is -0.270. The highest BCUT2D eigenvalue weighted by Gasteiger charge is 2.18. The molecule has 1 rings (SSSR count). The van der Waals surface area contributed by atoms with Gasteiger partial charge >= 0.3 is 11.9 Å². The summed E-state index contributed by atoms with van der Waals surface area (Å²) in [4.78, 5) is 26.5. The second-order valence-corrected chi connectivity index (χ2v) is 4.17. The maximum atomic E-state index is 11.4. The summed E-state index contributed by atoms with van der Waals surface area (Å²) in [5.74, 6) is -0.368. The second-order valence-electron chi connectivity index (χ2n) is 4.17. The van der Waals surface area contributed by atoms with Crippen LogP contribution in [0.15, 0.2) is 0 Å². The van der Waals surface area contributed by atoms with E-state index in [2.05, 4.69) is 0 Å². The highest BCUT2D eigenvalue weighted by molar-refractivity contribution is 5.72. The lowest BCUT2D eigenvalue weighted by Crippen LogP contribution is -2.44. The van der Waals surface area contributed by atoms with Crippen molar-refractivity contribution in [3.05, 3.63) is 0 Å². The van der Waals surface area contributed by atoms with E-state index in [9.17, 15) is 9.59 Å². The zero-order chi connectivity index (χ0) is 13.4. The Morgan fingerprint density at radius 2 is 2.28 bits per heavy atom. The number of carbonyl (C=O) groups excluding carboxylic acids is 2. The van der Waals surface area contributed by atoms with Crippen molar-refractivity contribution < 1.29 is 19.1 Å². The number of hydrogen-bond acceptors (Lipinski definition) is 6. The van der Waals surface area contributed by atoms with Crippen molar-refractivity contribution in [2.75, 3.05) is 52.5 Å². The number of esters is 2. The van der Waals surface area contributed by atoms with Gasteiger partial charge in [-0.2, -0.15) is 0 Å². The third-order valence-corrected chi connectivity index (χ3v) is 2.86. The third-order valence-electron chi connectivity index (χ3n) is 2.86. The van der Waals surface area contributed by atoms with E-state index in [1.807, 2.05) is 16.7 Å². The minimum atomic E-state index is -0.197. The van der Waals surface area contributed by atoms with Crippen molar-refractivity contribution in [2.45, 2.75) is 13.8 Å². The van der Waals surface area contributed by atoms with E-state index in [0.717, 1.165) is 26.2 Å². The molecule has 0 aromatic heterocycles. The lowest BCUT2D eigenvalue weighted by atomic mass is 10.3. The van der Waals surface area contributed by atoms with Crippen molar-refractivity contribution in [1.82, 2.24) is 9.80 Å². The molecular weight excluding hydrogens is 236 g/mol. The van der Waals surface area contributed by atoms with E-state index in [1.54, 1.807) is 6.92 Å². The van der Waals surface area contributed by atoms with Crippen LogP contribution in [0.1, 0.15) is 13.8 Å². The maximum absolute atomic E-state index is 11.4. The number of morpholine rings is 1. The van der Waals surface area contributed by atoms with Crippen molar-refractivity contribution >= 4 is 11.9 Å². The molecule has 0 N–H and O–H groups in total. The normalized spacial score (nSPS) is 16.7. The quantitative estimate of drug-likeness (QED) is 0.586. The largest absolute Gasteiger partial charge is 0.465 e. The lowest BCUT2D eigenvalue weighted by molar-refractivity contribution is -0.151. The van der Waals surface area contributed by atoms with E-state index in [-0.39, 0.29) is 11.9 Å². The Kier molecular flexibility index (Phi) is 6.67. The van der Waals surface area contributed by atoms with E-state index in [1.165, 1.54) is 0 Å². The summed E-state index contributed by atoms with van der Waals surface area (Å²) in [7, 11) is 0. The first-order valence-electron chi connectivity index (χ1n) is 6.41. The van der Waals surface area contributed by atoms with Crippen molar-refractivity contribution in [2.24, 2.45) is 0 Å². The van der Waals surface area contributed by atoms with Crippen molar-refractivity contribution in [3.8, 4) is 0 Å². The minimum absolute atomic E-state index is 0.172. The molecule has 18 heavy (non-hydrogen) atoms. The van der Waals surface area contributed by atoms with Gasteiger partial charge in [-0.1, -0.05) is 6.92 Å². The molecule has 0 aromatic carbocycles. The van der Waals surface area contributed by atoms with Crippen LogP contribution in [-0.2, 0) is 19.1 Å². The highest BCUT2D eigenvalue weighted by atomic mass is 16.5. The van der Waals surface area contributed by atoms with Crippen LogP contribution in [0.4, 0.5) is 0 Å². The maximum Gasteiger partial charge on any atom is 0.320 e. The van der Waals surface area contributed by atoms with Gasteiger partial charge in [0.2, 0.25) is 0 Å². The molecule has 0 saturated carbocycles. The highest BCUT2D eigenvalue weighted by Crippen LogP contribution is 1.99. The molecule has 0 radical (unpaired) electrons. The molecule has 0 atom stereocenters. The molecule has 0 bridgehead atoms. The number of rotatable bonds is 7. The lowest BCUT2D eigenvalue weighted by Gasteiger charge is -2.28. The first-order chi connectivity index (χ1) is 8.65. The van der Waals surface area contributed by atoms with Gasteiger partial charge in [-0.15, -0.1) is 0 Å². The molecular formula is C12H22N2O4. The number of carbonyl (C=O) groups is 2. The van der Waals surface area contributed by atoms with Crippen LogP contribution in [0.5, 0.6) is 0 Å². The minimum Gasteiger partial charge on any atom is -0.465 e. The van der Waals surface area contributed by atoms with Crippen LogP contribution < -0.4 is 0 Å². The van der Waals surface area contributed by atoms with Gasteiger partial charge in [-0.25, -0.2) is 0 Å². The Hall–Kier alpha value is -1.14. The number of nitrogens with zero attached hydrogens (tertiary/aromatic N) is 2. The summed E-state index contributed by atoms with van der Waals surface area (Å²) in [6.07, 6.45) is 0. The Balaban J connectivity index is 2.25. The van der Waals surface area contributed by atoms with E-state index in [4.69, 9.17) is 9.47 Å². The number of ether oxygens (including phenoxy) is 2. The zero-order valence-corrected chi connectivity index (χ0v) is 11.2. The second kappa shape index (κ2) is 8.05. The van der Waals surface area contributed by atoms with Crippen LogP contribution in [0.3, 0.4) is 0 Å². The Morgan fingerprint density at radius 3 is 2.89 bits per heavy atom. The topological polar surface area (TPSA) is 59.1 Å². The van der Waals surface area contributed by atoms with Gasteiger partial charge in [0, 0.05) is 19.6 Å². The molecule has 0 unspecified atom stereocenters. The van der Waals surface area contributed by atoms with Gasteiger partial charge in [-0.05, 0) is 13.5 Å². The summed E-state index contributed by atoms with van der Waals surface area (Å²) in [6, 6.07) is 0. The molecule has 0 amide bonds. The fraction of sp³-hybridized carbons (Fsp3) is 0.833. The average molecular weight is 258 g/mol. The van der Waals surface area contributed by atoms with Crippen LogP contribution in [0.25, 0.3) is 0 Å². The van der Waals surface area contributed by atoms with Gasteiger partial charge in [0.15, 0.2) is 0 Å². The fourth-order valence-electron chi connectivity index (χ4n) is 1.81.